The highest BCUT2D eigenvalue weighted by atomic mass is 32.2. The maximum Gasteiger partial charge on any atom is 0.338 e. The topological polar surface area (TPSA) is 172 Å². The normalized spacial score (nSPS) is 14.5. The van der Waals surface area contributed by atoms with Crippen LogP contribution in [0.4, 0.5) is 10.2 Å². The van der Waals surface area contributed by atoms with Crippen LogP contribution in [0.2, 0.25) is 0 Å². The molecule has 9 nitrogen and oxygen atoms in total. The third-order valence-corrected chi connectivity index (χ3v) is 6.99. The number of thioether (sulfide) groups is 1. The quantitative estimate of drug-likeness (QED) is 0.311. The van der Waals surface area contributed by atoms with Gasteiger partial charge < -0.3 is 20.9 Å². The van der Waals surface area contributed by atoms with Crippen LogP contribution in [0.5, 0.6) is 0 Å². The predicted molar refractivity (Wildman–Crippen MR) is 145 cm³/mol. The number of hydrogen-bond acceptors (Lipinski definition) is 10. The molecule has 1 aromatic heterocycles. The first-order chi connectivity index (χ1) is 19.3. The summed E-state index contributed by atoms with van der Waals surface area (Å²) < 4.78 is 24.7. The summed E-state index contributed by atoms with van der Waals surface area (Å²) in [5.41, 5.74) is 13.6. The molecule has 0 saturated heterocycles. The molecule has 0 spiro atoms. The summed E-state index contributed by atoms with van der Waals surface area (Å²) in [6, 6.07) is 20.2. The number of rotatable bonds is 7. The first kappa shape index (κ1) is 27.7. The molecule has 0 amide bonds. The monoisotopic (exact) mass is 552 g/mol. The van der Waals surface area contributed by atoms with Crippen LogP contribution in [-0.4, -0.2) is 23.3 Å². The summed E-state index contributed by atoms with van der Waals surface area (Å²) >= 11 is 1.02. The van der Waals surface area contributed by atoms with Gasteiger partial charge in [-0.05, 0) is 30.2 Å². The van der Waals surface area contributed by atoms with Crippen molar-refractivity contribution in [2.24, 2.45) is 5.73 Å². The molecule has 4 N–H and O–H groups in total. The minimum atomic E-state index is -0.848. The number of anilines is 1. The van der Waals surface area contributed by atoms with E-state index in [-0.39, 0.29) is 62.7 Å². The average molecular weight is 553 g/mol. The van der Waals surface area contributed by atoms with Gasteiger partial charge in [0.05, 0.1) is 29.4 Å². The molecule has 0 radical (unpaired) electrons. The first-order valence-corrected chi connectivity index (χ1v) is 12.9. The number of carbonyl (C=O) groups excluding carboxylic acids is 1. The molecule has 0 saturated carbocycles. The van der Waals surface area contributed by atoms with E-state index in [4.69, 9.17) is 20.9 Å². The van der Waals surface area contributed by atoms with Gasteiger partial charge in [0, 0.05) is 5.56 Å². The zero-order chi connectivity index (χ0) is 28.8. The fraction of sp³-hybridized carbons (Fsp3) is 0.138. The van der Waals surface area contributed by atoms with E-state index >= 15 is 0 Å². The second-order valence-electron chi connectivity index (χ2n) is 8.34. The molecule has 1 unspecified atom stereocenters. The zero-order valence-corrected chi connectivity index (χ0v) is 22.0. The van der Waals surface area contributed by atoms with Crippen molar-refractivity contribution in [2.45, 2.75) is 17.9 Å². The number of benzene rings is 2. The summed E-state index contributed by atoms with van der Waals surface area (Å²) in [4.78, 5) is 17.5. The molecule has 2 aromatic carbocycles. The highest BCUT2D eigenvalue weighted by Crippen LogP contribution is 2.42. The molecule has 4 rings (SSSR count). The lowest BCUT2D eigenvalue weighted by atomic mass is 9.83. The van der Waals surface area contributed by atoms with E-state index in [1.165, 1.54) is 24.3 Å². The number of nitriles is 3. The van der Waals surface area contributed by atoms with Gasteiger partial charge in [-0.25, -0.2) is 14.2 Å². The van der Waals surface area contributed by atoms with Crippen LogP contribution in [0.1, 0.15) is 29.5 Å². The number of esters is 1. The number of allylic oxidation sites excluding steroid dienone is 1. The fourth-order valence-corrected chi connectivity index (χ4v) is 5.22. The van der Waals surface area contributed by atoms with Crippen LogP contribution in [0, 0.1) is 39.8 Å². The molecule has 2 heterocycles. The lowest BCUT2D eigenvalue weighted by molar-refractivity contribution is -0.139. The molecule has 0 fully saturated rings. The van der Waals surface area contributed by atoms with Gasteiger partial charge in [0.1, 0.15) is 51.8 Å². The summed E-state index contributed by atoms with van der Waals surface area (Å²) in [5.74, 6) is -2.25. The van der Waals surface area contributed by atoms with Crippen molar-refractivity contribution in [1.29, 1.82) is 15.8 Å². The molecule has 1 aliphatic heterocycles. The third kappa shape index (κ3) is 5.30. The van der Waals surface area contributed by atoms with Gasteiger partial charge in [-0.1, -0.05) is 54.2 Å². The number of nitrogens with two attached hydrogens (primary N) is 2. The minimum absolute atomic E-state index is 0.0252. The average Bonchev–Trinajstić information content (AvgIpc) is 2.96. The summed E-state index contributed by atoms with van der Waals surface area (Å²) in [5, 5.41) is 29.8. The van der Waals surface area contributed by atoms with Crippen molar-refractivity contribution >= 4 is 23.5 Å². The molecule has 40 heavy (non-hydrogen) atoms. The first-order valence-electron chi connectivity index (χ1n) is 11.9. The Morgan fingerprint density at radius 2 is 1.73 bits per heavy atom. The molecular formula is C29H21FN6O3S. The number of nitrogens with zero attached hydrogens (tertiary/aromatic N) is 4. The number of halogens is 1. The number of hydrogen-bond donors (Lipinski definition) is 2. The molecule has 0 bridgehead atoms. The van der Waals surface area contributed by atoms with Crippen LogP contribution in [-0.2, 0) is 14.3 Å². The molecule has 1 aliphatic rings. The Morgan fingerprint density at radius 1 is 1.05 bits per heavy atom. The molecule has 198 valence electrons. The van der Waals surface area contributed by atoms with Crippen LogP contribution < -0.4 is 11.5 Å². The molecule has 3 aromatic rings. The van der Waals surface area contributed by atoms with Crippen LogP contribution >= 0.6 is 11.8 Å². The summed E-state index contributed by atoms with van der Waals surface area (Å²) in [6.45, 7) is 1.74. The highest BCUT2D eigenvalue weighted by Gasteiger charge is 2.37. The van der Waals surface area contributed by atoms with Crippen molar-refractivity contribution in [3.63, 3.8) is 0 Å². The van der Waals surface area contributed by atoms with E-state index in [1.54, 1.807) is 37.3 Å². The second-order valence-corrected chi connectivity index (χ2v) is 9.30. The van der Waals surface area contributed by atoms with E-state index in [0.717, 1.165) is 11.8 Å². The predicted octanol–water partition coefficient (Wildman–Crippen LogP) is 4.63. The van der Waals surface area contributed by atoms with Crippen molar-refractivity contribution in [3.05, 3.63) is 99.9 Å². The molecule has 11 heteroatoms. The largest absolute Gasteiger partial charge is 0.463 e. The van der Waals surface area contributed by atoms with Gasteiger partial charge >= 0.3 is 5.97 Å². The SMILES string of the molecule is CCOC(=O)C1=C(CSc2nc(N)c(C#N)c(-c3ccc(F)cc3)c2C#N)OC(N)=C(C#N)C1c1ccccc1. The van der Waals surface area contributed by atoms with Gasteiger partial charge in [0.2, 0.25) is 5.88 Å². The number of nitrogen functional groups attached to an aromatic ring is 1. The Labute approximate surface area is 233 Å². The second kappa shape index (κ2) is 12.0. The van der Waals surface area contributed by atoms with Gasteiger partial charge in [-0.2, -0.15) is 15.8 Å². The van der Waals surface area contributed by atoms with E-state index in [1.807, 2.05) is 12.1 Å². The Balaban J connectivity index is 1.84. The minimum Gasteiger partial charge on any atom is -0.463 e. The van der Waals surface area contributed by atoms with E-state index in [0.29, 0.717) is 11.1 Å². The summed E-state index contributed by atoms with van der Waals surface area (Å²) in [6.07, 6.45) is 0. The lowest BCUT2D eigenvalue weighted by Crippen LogP contribution is -2.27. The van der Waals surface area contributed by atoms with Crippen molar-refractivity contribution in [1.82, 2.24) is 4.98 Å². The van der Waals surface area contributed by atoms with Gasteiger partial charge in [0.25, 0.3) is 0 Å². The molecule has 0 aliphatic carbocycles. The Morgan fingerprint density at radius 3 is 2.33 bits per heavy atom. The molecule has 1 atom stereocenters. The van der Waals surface area contributed by atoms with Crippen molar-refractivity contribution in [2.75, 3.05) is 18.1 Å². The Bertz CT molecular complexity index is 1670. The maximum absolute atomic E-state index is 13.6. The van der Waals surface area contributed by atoms with E-state index in [9.17, 15) is 25.0 Å². The van der Waals surface area contributed by atoms with Crippen LogP contribution in [0.15, 0.2) is 82.4 Å². The Hall–Kier alpha value is -5.31. The van der Waals surface area contributed by atoms with Gasteiger partial charge in [-0.3, -0.25) is 0 Å². The third-order valence-electron chi connectivity index (χ3n) is 6.01. The zero-order valence-electron chi connectivity index (χ0n) is 21.1. The van der Waals surface area contributed by atoms with E-state index in [2.05, 4.69) is 11.1 Å². The maximum atomic E-state index is 13.6. The highest BCUT2D eigenvalue weighted by molar-refractivity contribution is 7.99. The summed E-state index contributed by atoms with van der Waals surface area (Å²) in [7, 11) is 0. The number of pyridine rings is 1. The fourth-order valence-electron chi connectivity index (χ4n) is 4.28. The van der Waals surface area contributed by atoms with Crippen molar-refractivity contribution in [3.8, 4) is 29.3 Å². The van der Waals surface area contributed by atoms with Gasteiger partial charge in [0.15, 0.2) is 0 Å². The van der Waals surface area contributed by atoms with Crippen LogP contribution in [0.3, 0.4) is 0 Å². The Kier molecular flexibility index (Phi) is 8.34. The molecular weight excluding hydrogens is 531 g/mol. The lowest BCUT2D eigenvalue weighted by Gasteiger charge is -2.28. The van der Waals surface area contributed by atoms with Crippen LogP contribution in [0.25, 0.3) is 11.1 Å². The number of carbonyl (C=O) groups is 1. The van der Waals surface area contributed by atoms with E-state index < -0.39 is 17.7 Å². The number of ether oxygens (including phenoxy) is 2. The standard InChI is InChI=1S/C29H21FN6O3S/c1-2-38-29(37)25-22(39-27(35)20(13-32)24(25)16-6-4-3-5-7-16)15-40-28-21(14-33)23(19(12-31)26(34)36-28)17-8-10-18(30)11-9-17/h3-11,24H,2,15,35H2,1H3,(H2,34,36). The van der Waals surface area contributed by atoms with Gasteiger partial charge in [-0.15, -0.1) is 0 Å². The number of aromatic nitrogens is 1. The van der Waals surface area contributed by atoms with Crippen molar-refractivity contribution < 1.29 is 18.7 Å². The smallest absolute Gasteiger partial charge is 0.338 e.